The van der Waals surface area contributed by atoms with E-state index >= 15 is 0 Å². The summed E-state index contributed by atoms with van der Waals surface area (Å²) >= 11 is 0. The molecule has 1 aliphatic rings. The molecule has 0 radical (unpaired) electrons. The SMILES string of the molecule is [2H]c1nc(-n2c3cc(Oc4cc(N5CN(c6c(-c7cc(C(C)(C)C)cc(C(C)(C)C)c7)cccc6-c6c([2H])c([2H])c([2H])c([2H])c6[2H])c6ccccc65)c([2H])c([2H])c4[2H])ccc3c3c([2H])c([2H])c([2H])c([2H])c32)c([2H])c(C(C)(C)c2ccccc2)c1[2H]. The molecule has 2 aromatic heterocycles. The van der Waals surface area contributed by atoms with Crippen LogP contribution in [0.5, 0.6) is 11.5 Å². The van der Waals surface area contributed by atoms with Gasteiger partial charge in [0.25, 0.3) is 0 Å². The first kappa shape index (κ1) is 30.6. The van der Waals surface area contributed by atoms with Crippen LogP contribution in [0.25, 0.3) is 49.9 Å². The number of rotatable bonds is 9. The average molecular weight is 928 g/mol. The lowest BCUT2D eigenvalue weighted by atomic mass is 9.78. The van der Waals surface area contributed by atoms with Gasteiger partial charge in [0.05, 0.1) is 48.7 Å². The van der Waals surface area contributed by atoms with Crippen LogP contribution >= 0.6 is 0 Å². The Morgan fingerprint density at radius 1 is 0.500 bits per heavy atom. The van der Waals surface area contributed by atoms with E-state index in [4.69, 9.17) is 15.7 Å². The van der Waals surface area contributed by atoms with Crippen LogP contribution in [0.2, 0.25) is 0 Å². The number of aromatic nitrogens is 2. The van der Waals surface area contributed by atoms with E-state index in [2.05, 4.69) is 64.7 Å². The lowest BCUT2D eigenvalue weighted by Gasteiger charge is -2.29. The van der Waals surface area contributed by atoms with E-state index in [9.17, 15) is 9.60 Å². The van der Waals surface area contributed by atoms with Gasteiger partial charge in [0, 0.05) is 51.3 Å². The molecule has 0 spiro atoms. The second kappa shape index (κ2) is 17.3. The van der Waals surface area contributed by atoms with Crippen molar-refractivity contribution in [3.63, 3.8) is 0 Å². The first-order chi connectivity index (χ1) is 39.9. The molecule has 11 rings (SSSR count). The van der Waals surface area contributed by atoms with Gasteiger partial charge in [0.1, 0.15) is 24.0 Å². The van der Waals surface area contributed by atoms with Crippen molar-refractivity contribution in [3.05, 3.63) is 228 Å². The smallest absolute Gasteiger partial charge is 0.137 e. The van der Waals surface area contributed by atoms with Crippen LogP contribution < -0.4 is 14.5 Å². The van der Waals surface area contributed by atoms with E-state index in [1.54, 1.807) is 18.2 Å². The maximum absolute atomic E-state index is 9.76. The minimum Gasteiger partial charge on any atom is -0.457 e. The second-order valence-corrected chi connectivity index (χ2v) is 20.3. The quantitative estimate of drug-likeness (QED) is 0.144. The predicted octanol–water partition coefficient (Wildman–Crippen LogP) is 17.5. The van der Waals surface area contributed by atoms with Crippen molar-refractivity contribution in [1.82, 2.24) is 9.55 Å². The van der Waals surface area contributed by atoms with Crippen molar-refractivity contribution in [3.8, 4) is 39.6 Å². The Labute approximate surface area is 434 Å². The van der Waals surface area contributed by atoms with E-state index in [0.717, 1.165) is 22.3 Å². The van der Waals surface area contributed by atoms with E-state index in [1.807, 2.05) is 90.4 Å². The molecule has 5 nitrogen and oxygen atoms in total. The van der Waals surface area contributed by atoms with Gasteiger partial charge >= 0.3 is 0 Å². The molecule has 0 fully saturated rings. The van der Waals surface area contributed by atoms with Crippen molar-refractivity contribution in [2.24, 2.45) is 0 Å². The monoisotopic (exact) mass is 928 g/mol. The van der Waals surface area contributed by atoms with Gasteiger partial charge in [-0.1, -0.05) is 189 Å². The average Bonchev–Trinajstić information content (AvgIpc) is 2.09. The van der Waals surface area contributed by atoms with Gasteiger partial charge in [-0.15, -0.1) is 0 Å². The summed E-state index contributed by atoms with van der Waals surface area (Å²) in [6, 6.07) is 29.1. The molecular formula is C65H60N4O. The number of ether oxygens (including phenoxy) is 1. The molecule has 0 aliphatic carbocycles. The predicted molar refractivity (Wildman–Crippen MR) is 294 cm³/mol. The normalized spacial score (nSPS) is 16.0. The molecule has 0 saturated carbocycles. The molecule has 0 atom stereocenters. The molecule has 0 amide bonds. The number of para-hydroxylation sites is 4. The Hall–Kier alpha value is -7.89. The summed E-state index contributed by atoms with van der Waals surface area (Å²) in [7, 11) is 0. The highest BCUT2D eigenvalue weighted by molar-refractivity contribution is 6.09. The Bertz CT molecular complexity index is 4390. The van der Waals surface area contributed by atoms with Crippen LogP contribution in [0.15, 0.2) is 206 Å². The molecule has 1 aliphatic heterocycles. The van der Waals surface area contributed by atoms with Crippen LogP contribution in [-0.2, 0) is 16.2 Å². The summed E-state index contributed by atoms with van der Waals surface area (Å²) in [6.07, 6.45) is -0.460. The van der Waals surface area contributed by atoms with Gasteiger partial charge in [-0.2, -0.15) is 0 Å². The number of fused-ring (bicyclic) bond motifs is 4. The lowest BCUT2D eigenvalue weighted by Crippen LogP contribution is -2.25. The van der Waals surface area contributed by atoms with Crippen LogP contribution in [-0.4, -0.2) is 16.2 Å². The summed E-state index contributed by atoms with van der Waals surface area (Å²) in [4.78, 5) is 8.27. The fourth-order valence-electron chi connectivity index (χ4n) is 9.30. The van der Waals surface area contributed by atoms with E-state index in [-0.39, 0.29) is 104 Å². The molecule has 0 saturated heterocycles. The molecule has 5 heteroatoms. The number of pyridine rings is 1. The van der Waals surface area contributed by atoms with Gasteiger partial charge in [0.15, 0.2) is 0 Å². The highest BCUT2D eigenvalue weighted by Gasteiger charge is 2.32. The Balaban J connectivity index is 1.09. The Morgan fingerprint density at radius 2 is 1.17 bits per heavy atom. The number of benzene rings is 8. The number of anilines is 4. The summed E-state index contributed by atoms with van der Waals surface area (Å²) in [5, 5.41) is 0.437. The maximum Gasteiger partial charge on any atom is 0.137 e. The third-order valence-electron chi connectivity index (χ3n) is 13.2. The first-order valence-corrected chi connectivity index (χ1v) is 23.3. The van der Waals surface area contributed by atoms with Gasteiger partial charge in [-0.3, -0.25) is 4.57 Å². The Kier molecular flexibility index (Phi) is 7.54. The van der Waals surface area contributed by atoms with Gasteiger partial charge in [0.2, 0.25) is 0 Å². The second-order valence-electron chi connectivity index (χ2n) is 20.3. The van der Waals surface area contributed by atoms with Crippen molar-refractivity contribution in [2.75, 3.05) is 16.5 Å². The number of hydrogen-bond donors (Lipinski definition) is 0. The lowest BCUT2D eigenvalue weighted by molar-refractivity contribution is 0.483. The van der Waals surface area contributed by atoms with Crippen LogP contribution in [0, 0.1) is 0 Å². The van der Waals surface area contributed by atoms with Gasteiger partial charge in [-0.05, 0) is 98.7 Å². The fourth-order valence-corrected chi connectivity index (χ4v) is 9.30. The zero-order chi connectivity index (χ0) is 61.4. The third kappa shape index (κ3) is 8.09. The van der Waals surface area contributed by atoms with Crippen molar-refractivity contribution >= 4 is 44.6 Å². The molecule has 70 heavy (non-hydrogen) atoms. The fraction of sp³-hybridized carbons (Fsp3) is 0.185. The highest BCUT2D eigenvalue weighted by atomic mass is 16.5. The molecule has 3 heterocycles. The zero-order valence-corrected chi connectivity index (χ0v) is 40.4. The molecule has 10 aromatic rings. The van der Waals surface area contributed by atoms with Crippen molar-refractivity contribution < 1.29 is 25.3 Å². The maximum atomic E-state index is 9.76. The molecule has 0 unspecified atom stereocenters. The van der Waals surface area contributed by atoms with E-state index in [1.165, 1.54) is 16.7 Å². The van der Waals surface area contributed by atoms with E-state index in [0.29, 0.717) is 33.6 Å². The summed E-state index contributed by atoms with van der Waals surface area (Å²) in [6.45, 7) is 16.5. The standard InChI is InChI=1S/C65H60N4O/c1-63(2,3)48-37-45(38-49(39-48)64(4,5)6)54-29-20-28-53(44-21-11-9-12-22-44)62(54)68-43-67(58-31-17-18-32-59(58)68)50-25-19-26-51(41-50)70-52-33-34-56-55-27-15-16-30-57(55)69(60(56)42-52)61-40-47(35-36-66-61)65(7,8)46-23-13-10-14-24-46/h9-42H,43H2,1-8H3/i9D,11D,12D,15D,16D,19D,21D,22D,25D,26D,27D,30D,35D,36D,40D. The molecule has 0 bridgehead atoms. The summed E-state index contributed by atoms with van der Waals surface area (Å²) < 4.78 is 144. The Morgan fingerprint density at radius 3 is 1.90 bits per heavy atom. The minimum atomic E-state index is -1.01. The van der Waals surface area contributed by atoms with Crippen LogP contribution in [0.3, 0.4) is 0 Å². The summed E-state index contributed by atoms with van der Waals surface area (Å²) in [5.41, 5.74) is 5.47. The number of nitrogens with zero attached hydrogens (tertiary/aromatic N) is 4. The van der Waals surface area contributed by atoms with Crippen LogP contribution in [0.1, 0.15) is 98.2 Å². The molecular weight excluding hydrogens is 853 g/mol. The third-order valence-corrected chi connectivity index (χ3v) is 13.2. The highest BCUT2D eigenvalue weighted by Crippen LogP contribution is 2.51. The molecule has 346 valence electrons. The van der Waals surface area contributed by atoms with Crippen molar-refractivity contribution in [2.45, 2.75) is 71.6 Å². The molecule has 8 aromatic carbocycles. The van der Waals surface area contributed by atoms with Gasteiger partial charge < -0.3 is 14.5 Å². The summed E-state index contributed by atoms with van der Waals surface area (Å²) in [5.74, 6) is -0.219. The molecule has 0 N–H and O–H groups in total. The van der Waals surface area contributed by atoms with Crippen LogP contribution in [0.4, 0.5) is 22.7 Å². The topological polar surface area (TPSA) is 33.5 Å². The minimum absolute atomic E-state index is 0.000388. The first-order valence-electron chi connectivity index (χ1n) is 30.8. The van der Waals surface area contributed by atoms with Gasteiger partial charge in [-0.25, -0.2) is 4.98 Å². The largest absolute Gasteiger partial charge is 0.457 e. The number of hydrogen-bond acceptors (Lipinski definition) is 4. The van der Waals surface area contributed by atoms with E-state index < -0.39 is 59.9 Å². The van der Waals surface area contributed by atoms with Crippen molar-refractivity contribution in [1.29, 1.82) is 0 Å². The zero-order valence-electron chi connectivity index (χ0n) is 55.4.